The van der Waals surface area contributed by atoms with Gasteiger partial charge in [-0.1, -0.05) is 18.2 Å². The molecule has 1 aliphatic rings. The molecule has 4 heteroatoms. The van der Waals surface area contributed by atoms with E-state index >= 15 is 0 Å². The number of carbonyl (C=O) groups excluding carboxylic acids is 1. The number of rotatable bonds is 4. The maximum Gasteiger partial charge on any atom is 0.267 e. The number of nitrogens with zero attached hydrogens (tertiary/aromatic N) is 1. The monoisotopic (exact) mass is 271 g/mol. The van der Waals surface area contributed by atoms with Crippen LogP contribution in [0.5, 0.6) is 0 Å². The number of aromatic amines is 1. The number of likely N-dealkylation sites (N-methyl/N-ethyl adjacent to an activating group) is 1. The molecule has 1 saturated carbocycles. The molecule has 4 nitrogen and oxygen atoms in total. The van der Waals surface area contributed by atoms with Gasteiger partial charge in [0, 0.05) is 23.0 Å². The summed E-state index contributed by atoms with van der Waals surface area (Å²) in [5.41, 5.74) is 1.80. The van der Waals surface area contributed by atoms with E-state index in [-0.39, 0.29) is 11.4 Å². The summed E-state index contributed by atoms with van der Waals surface area (Å²) in [5.74, 6) is -0.0191. The zero-order valence-corrected chi connectivity index (χ0v) is 12.1. The Morgan fingerprint density at radius 1 is 1.35 bits per heavy atom. The number of amides is 1. The van der Waals surface area contributed by atoms with E-state index in [0.717, 1.165) is 23.7 Å². The van der Waals surface area contributed by atoms with Gasteiger partial charge in [-0.15, -0.1) is 0 Å². The van der Waals surface area contributed by atoms with Crippen molar-refractivity contribution in [1.82, 2.24) is 15.2 Å². The molecule has 0 bridgehead atoms. The smallest absolute Gasteiger partial charge is 0.267 e. The third-order valence-electron chi connectivity index (χ3n) is 4.59. The minimum atomic E-state index is -0.0191. The molecule has 1 amide bonds. The van der Waals surface area contributed by atoms with Gasteiger partial charge in [-0.05, 0) is 45.5 Å². The zero-order chi connectivity index (χ0) is 14.2. The first-order valence-corrected chi connectivity index (χ1v) is 7.14. The van der Waals surface area contributed by atoms with Gasteiger partial charge in [0.2, 0.25) is 0 Å². The average molecular weight is 271 g/mol. The Labute approximate surface area is 119 Å². The third-order valence-corrected chi connectivity index (χ3v) is 4.59. The number of hydrogen-bond donors (Lipinski definition) is 2. The fraction of sp³-hybridized carbons (Fsp3) is 0.438. The fourth-order valence-electron chi connectivity index (χ4n) is 2.90. The lowest BCUT2D eigenvalue weighted by atomic mass is 9.75. The number of nitrogens with one attached hydrogen (secondary N) is 2. The second kappa shape index (κ2) is 4.94. The van der Waals surface area contributed by atoms with Gasteiger partial charge in [0.15, 0.2) is 0 Å². The Morgan fingerprint density at radius 2 is 2.10 bits per heavy atom. The van der Waals surface area contributed by atoms with Crippen LogP contribution in [-0.2, 0) is 0 Å². The number of fused-ring (bicyclic) bond motifs is 1. The molecule has 0 unspecified atom stereocenters. The van der Waals surface area contributed by atoms with Crippen LogP contribution in [0.2, 0.25) is 0 Å². The molecule has 0 aliphatic heterocycles. The van der Waals surface area contributed by atoms with Crippen molar-refractivity contribution in [1.29, 1.82) is 0 Å². The highest BCUT2D eigenvalue weighted by Crippen LogP contribution is 2.35. The summed E-state index contributed by atoms with van der Waals surface area (Å²) in [6.07, 6.45) is 3.57. The molecule has 20 heavy (non-hydrogen) atoms. The lowest BCUT2D eigenvalue weighted by Crippen LogP contribution is -2.57. The number of benzene rings is 1. The Bertz CT molecular complexity index is 592. The standard InChI is InChI=1S/C16H21N3O/c1-19(2)16(8-5-9-16)11-17-15(20)14-10-12-6-3-4-7-13(12)18-14/h3-4,6-7,10,18H,5,8-9,11H2,1-2H3,(H,17,20). The van der Waals surface area contributed by atoms with Gasteiger partial charge in [-0.2, -0.15) is 0 Å². The molecule has 1 aliphatic carbocycles. The molecule has 1 fully saturated rings. The fourth-order valence-corrected chi connectivity index (χ4v) is 2.90. The van der Waals surface area contributed by atoms with Gasteiger partial charge >= 0.3 is 0 Å². The van der Waals surface area contributed by atoms with Gasteiger partial charge in [-0.25, -0.2) is 0 Å². The van der Waals surface area contributed by atoms with E-state index in [4.69, 9.17) is 0 Å². The Balaban J connectivity index is 1.70. The lowest BCUT2D eigenvalue weighted by Gasteiger charge is -2.47. The van der Waals surface area contributed by atoms with E-state index in [1.54, 1.807) is 0 Å². The molecule has 2 aromatic rings. The van der Waals surface area contributed by atoms with Crippen molar-refractivity contribution in [2.75, 3.05) is 20.6 Å². The zero-order valence-electron chi connectivity index (χ0n) is 12.1. The maximum absolute atomic E-state index is 12.3. The molecular formula is C16H21N3O. The van der Waals surface area contributed by atoms with Crippen LogP contribution in [0.4, 0.5) is 0 Å². The second-order valence-electron chi connectivity index (χ2n) is 5.93. The summed E-state index contributed by atoms with van der Waals surface area (Å²) in [5, 5.41) is 4.14. The summed E-state index contributed by atoms with van der Waals surface area (Å²) in [6.45, 7) is 0.716. The molecule has 3 rings (SSSR count). The summed E-state index contributed by atoms with van der Waals surface area (Å²) in [4.78, 5) is 17.7. The summed E-state index contributed by atoms with van der Waals surface area (Å²) < 4.78 is 0. The number of hydrogen-bond acceptors (Lipinski definition) is 2. The quantitative estimate of drug-likeness (QED) is 0.897. The van der Waals surface area contributed by atoms with Crippen molar-refractivity contribution in [2.24, 2.45) is 0 Å². The first-order valence-electron chi connectivity index (χ1n) is 7.14. The highest BCUT2D eigenvalue weighted by atomic mass is 16.1. The molecule has 1 heterocycles. The SMILES string of the molecule is CN(C)C1(CNC(=O)c2cc3ccccc3[nH]2)CCC1. The van der Waals surface area contributed by atoms with Gasteiger partial charge in [0.1, 0.15) is 5.69 Å². The van der Waals surface area contributed by atoms with Crippen LogP contribution in [0, 0.1) is 0 Å². The van der Waals surface area contributed by atoms with Crippen molar-refractivity contribution in [3.05, 3.63) is 36.0 Å². The average Bonchev–Trinajstić information content (AvgIpc) is 2.80. The van der Waals surface area contributed by atoms with Crippen LogP contribution < -0.4 is 5.32 Å². The molecule has 1 aromatic carbocycles. The van der Waals surface area contributed by atoms with Crippen LogP contribution in [0.25, 0.3) is 10.9 Å². The minimum Gasteiger partial charge on any atom is -0.351 e. The number of aromatic nitrogens is 1. The second-order valence-corrected chi connectivity index (χ2v) is 5.93. The molecule has 106 valence electrons. The van der Waals surface area contributed by atoms with Gasteiger partial charge in [0.05, 0.1) is 0 Å². The Kier molecular flexibility index (Phi) is 3.26. The van der Waals surface area contributed by atoms with Crippen molar-refractivity contribution >= 4 is 16.8 Å². The van der Waals surface area contributed by atoms with E-state index < -0.39 is 0 Å². The predicted molar refractivity (Wildman–Crippen MR) is 80.9 cm³/mol. The van der Waals surface area contributed by atoms with E-state index in [9.17, 15) is 4.79 Å². The summed E-state index contributed by atoms with van der Waals surface area (Å²) >= 11 is 0. The van der Waals surface area contributed by atoms with Crippen molar-refractivity contribution in [3.8, 4) is 0 Å². The topological polar surface area (TPSA) is 48.1 Å². The molecule has 0 saturated heterocycles. The van der Waals surface area contributed by atoms with E-state index in [1.165, 1.54) is 6.42 Å². The van der Waals surface area contributed by atoms with E-state index in [2.05, 4.69) is 29.3 Å². The Morgan fingerprint density at radius 3 is 2.70 bits per heavy atom. The van der Waals surface area contributed by atoms with Crippen LogP contribution in [0.1, 0.15) is 29.8 Å². The molecule has 0 radical (unpaired) electrons. The highest BCUT2D eigenvalue weighted by Gasteiger charge is 2.39. The van der Waals surface area contributed by atoms with Crippen molar-refractivity contribution in [3.63, 3.8) is 0 Å². The Hall–Kier alpha value is -1.81. The van der Waals surface area contributed by atoms with Crippen LogP contribution >= 0.6 is 0 Å². The molecule has 1 aromatic heterocycles. The van der Waals surface area contributed by atoms with Crippen LogP contribution in [0.15, 0.2) is 30.3 Å². The van der Waals surface area contributed by atoms with Gasteiger partial charge in [0.25, 0.3) is 5.91 Å². The van der Waals surface area contributed by atoms with Crippen LogP contribution in [0.3, 0.4) is 0 Å². The summed E-state index contributed by atoms with van der Waals surface area (Å²) in [6, 6.07) is 9.85. The third kappa shape index (κ3) is 2.20. The first-order chi connectivity index (χ1) is 9.61. The summed E-state index contributed by atoms with van der Waals surface area (Å²) in [7, 11) is 4.18. The van der Waals surface area contributed by atoms with Crippen molar-refractivity contribution < 1.29 is 4.79 Å². The maximum atomic E-state index is 12.3. The van der Waals surface area contributed by atoms with Gasteiger partial charge in [-0.3, -0.25) is 4.79 Å². The van der Waals surface area contributed by atoms with Crippen molar-refractivity contribution in [2.45, 2.75) is 24.8 Å². The van der Waals surface area contributed by atoms with Gasteiger partial charge < -0.3 is 15.2 Å². The molecular weight excluding hydrogens is 250 g/mol. The highest BCUT2D eigenvalue weighted by molar-refractivity contribution is 5.98. The normalized spacial score (nSPS) is 17.1. The van der Waals surface area contributed by atoms with Crippen LogP contribution in [-0.4, -0.2) is 42.0 Å². The number of H-pyrrole nitrogens is 1. The number of para-hydroxylation sites is 1. The molecule has 0 spiro atoms. The molecule has 2 N–H and O–H groups in total. The molecule has 0 atom stereocenters. The van der Waals surface area contributed by atoms with E-state index in [1.807, 2.05) is 30.3 Å². The predicted octanol–water partition coefficient (Wildman–Crippen LogP) is 2.38. The largest absolute Gasteiger partial charge is 0.351 e. The minimum absolute atomic E-state index is 0.0191. The number of carbonyl (C=O) groups is 1. The lowest BCUT2D eigenvalue weighted by molar-refractivity contribution is 0.0556. The first kappa shape index (κ1) is 13.2. The van der Waals surface area contributed by atoms with E-state index in [0.29, 0.717) is 12.2 Å².